The van der Waals surface area contributed by atoms with Crippen LogP contribution < -0.4 is 19.6 Å². The van der Waals surface area contributed by atoms with Crippen molar-refractivity contribution < 1.29 is 14.3 Å². The number of nitrogens with zero attached hydrogens (tertiary/aromatic N) is 2. The van der Waals surface area contributed by atoms with Crippen LogP contribution in [-0.2, 0) is 16.1 Å². The van der Waals surface area contributed by atoms with Gasteiger partial charge in [0.2, 0.25) is 0 Å². The predicted octanol–water partition coefficient (Wildman–Crippen LogP) is 4.44. The van der Waals surface area contributed by atoms with E-state index in [0.717, 1.165) is 16.0 Å². The van der Waals surface area contributed by atoms with Crippen molar-refractivity contribution >= 4 is 34.7 Å². The SMILES string of the molecule is CCOC(=O)C1=C(C)N=c2sc(=Cc3cccs3)c(=O)n2C1c1ccc(OCc2ccccc2)cc1. The van der Waals surface area contributed by atoms with Gasteiger partial charge in [-0.1, -0.05) is 59.9 Å². The summed E-state index contributed by atoms with van der Waals surface area (Å²) < 4.78 is 13.5. The summed E-state index contributed by atoms with van der Waals surface area (Å²) in [6.07, 6.45) is 1.87. The lowest BCUT2D eigenvalue weighted by atomic mass is 9.96. The summed E-state index contributed by atoms with van der Waals surface area (Å²) in [6.45, 7) is 4.23. The molecule has 0 fully saturated rings. The van der Waals surface area contributed by atoms with E-state index in [9.17, 15) is 9.59 Å². The summed E-state index contributed by atoms with van der Waals surface area (Å²) in [5, 5.41) is 1.97. The normalized spacial score (nSPS) is 15.4. The number of hydrogen-bond donors (Lipinski definition) is 0. The maximum atomic E-state index is 13.6. The Morgan fingerprint density at radius 2 is 1.86 bits per heavy atom. The molecule has 0 aliphatic carbocycles. The third kappa shape index (κ3) is 4.82. The van der Waals surface area contributed by atoms with Gasteiger partial charge in [0, 0.05) is 4.88 Å². The van der Waals surface area contributed by atoms with Crippen molar-refractivity contribution in [1.29, 1.82) is 0 Å². The molecule has 1 aliphatic rings. The highest BCUT2D eigenvalue weighted by atomic mass is 32.1. The quantitative estimate of drug-likeness (QED) is 0.341. The number of allylic oxidation sites excluding steroid dienone is 1. The lowest BCUT2D eigenvalue weighted by Crippen LogP contribution is -2.39. The second-order valence-electron chi connectivity index (χ2n) is 8.16. The molecular formula is C28H24N2O4S2. The molecule has 0 saturated carbocycles. The number of carbonyl (C=O) groups is 1. The molecule has 4 aromatic rings. The average molecular weight is 517 g/mol. The summed E-state index contributed by atoms with van der Waals surface area (Å²) in [6, 6.07) is 20.7. The molecule has 1 unspecified atom stereocenters. The van der Waals surface area contributed by atoms with Crippen LogP contribution in [0.2, 0.25) is 0 Å². The predicted molar refractivity (Wildman–Crippen MR) is 142 cm³/mol. The number of fused-ring (bicyclic) bond motifs is 1. The van der Waals surface area contributed by atoms with Crippen molar-refractivity contribution in [3.63, 3.8) is 0 Å². The van der Waals surface area contributed by atoms with Gasteiger partial charge in [0.25, 0.3) is 5.56 Å². The first-order chi connectivity index (χ1) is 17.5. The maximum Gasteiger partial charge on any atom is 0.338 e. The van der Waals surface area contributed by atoms with E-state index < -0.39 is 12.0 Å². The molecule has 0 radical (unpaired) electrons. The van der Waals surface area contributed by atoms with E-state index in [0.29, 0.717) is 33.0 Å². The Kier molecular flexibility index (Phi) is 6.97. The van der Waals surface area contributed by atoms with Crippen molar-refractivity contribution in [1.82, 2.24) is 4.57 Å². The first kappa shape index (κ1) is 24.0. The van der Waals surface area contributed by atoms with Crippen LogP contribution in [-0.4, -0.2) is 17.1 Å². The van der Waals surface area contributed by atoms with Crippen LogP contribution in [0.25, 0.3) is 6.08 Å². The molecule has 0 saturated heterocycles. The minimum absolute atomic E-state index is 0.184. The van der Waals surface area contributed by atoms with Gasteiger partial charge in [0.1, 0.15) is 12.4 Å². The molecule has 5 rings (SSSR count). The van der Waals surface area contributed by atoms with Crippen LogP contribution in [0.15, 0.2) is 93.2 Å². The molecule has 0 amide bonds. The average Bonchev–Trinajstić information content (AvgIpc) is 3.51. The zero-order valence-corrected chi connectivity index (χ0v) is 21.5. The zero-order valence-electron chi connectivity index (χ0n) is 19.8. The van der Waals surface area contributed by atoms with Crippen molar-refractivity contribution in [2.75, 3.05) is 6.61 Å². The third-order valence-electron chi connectivity index (χ3n) is 5.78. The Balaban J connectivity index is 1.55. The van der Waals surface area contributed by atoms with E-state index in [1.807, 2.05) is 78.2 Å². The molecule has 0 N–H and O–H groups in total. The lowest BCUT2D eigenvalue weighted by Gasteiger charge is -2.24. The number of aromatic nitrogens is 1. The summed E-state index contributed by atoms with van der Waals surface area (Å²) in [5.74, 6) is 0.229. The first-order valence-corrected chi connectivity index (χ1v) is 13.2. The Morgan fingerprint density at radius 3 is 2.56 bits per heavy atom. The zero-order chi connectivity index (χ0) is 25.1. The summed E-state index contributed by atoms with van der Waals surface area (Å²) >= 11 is 2.88. The largest absolute Gasteiger partial charge is 0.489 e. The van der Waals surface area contributed by atoms with Gasteiger partial charge >= 0.3 is 5.97 Å². The molecule has 3 heterocycles. The van der Waals surface area contributed by atoms with Crippen LogP contribution in [0.5, 0.6) is 5.75 Å². The molecule has 6 nitrogen and oxygen atoms in total. The number of hydrogen-bond acceptors (Lipinski definition) is 7. The Hall–Kier alpha value is -3.75. The van der Waals surface area contributed by atoms with Gasteiger partial charge < -0.3 is 9.47 Å². The molecule has 36 heavy (non-hydrogen) atoms. The molecular weight excluding hydrogens is 492 g/mol. The molecule has 2 aromatic heterocycles. The van der Waals surface area contributed by atoms with E-state index in [2.05, 4.69) is 4.99 Å². The van der Waals surface area contributed by atoms with Gasteiger partial charge in [-0.25, -0.2) is 9.79 Å². The summed E-state index contributed by atoms with van der Waals surface area (Å²) in [4.78, 5) is 32.7. The minimum atomic E-state index is -0.644. The van der Waals surface area contributed by atoms with Gasteiger partial charge in [-0.3, -0.25) is 9.36 Å². The van der Waals surface area contributed by atoms with Gasteiger partial charge in [-0.2, -0.15) is 0 Å². The number of thiophene rings is 1. The Bertz CT molecular complexity index is 1580. The Labute approximate surface area is 216 Å². The first-order valence-electron chi connectivity index (χ1n) is 11.5. The number of esters is 1. The van der Waals surface area contributed by atoms with E-state index in [-0.39, 0.29) is 12.2 Å². The van der Waals surface area contributed by atoms with Crippen LogP contribution in [0.3, 0.4) is 0 Å². The van der Waals surface area contributed by atoms with Crippen molar-refractivity contribution in [2.24, 2.45) is 4.99 Å². The fraction of sp³-hybridized carbons (Fsp3) is 0.179. The van der Waals surface area contributed by atoms with Gasteiger partial charge in [-0.05, 0) is 54.6 Å². The van der Waals surface area contributed by atoms with E-state index in [1.165, 1.54) is 11.3 Å². The van der Waals surface area contributed by atoms with Crippen LogP contribution >= 0.6 is 22.7 Å². The molecule has 182 valence electrons. The van der Waals surface area contributed by atoms with E-state index >= 15 is 0 Å². The van der Waals surface area contributed by atoms with Crippen LogP contribution in [0.1, 0.15) is 35.9 Å². The Morgan fingerprint density at radius 1 is 1.08 bits per heavy atom. The highest BCUT2D eigenvalue weighted by molar-refractivity contribution is 7.11. The van der Waals surface area contributed by atoms with Gasteiger partial charge in [0.05, 0.1) is 28.5 Å². The molecule has 8 heteroatoms. The lowest BCUT2D eigenvalue weighted by molar-refractivity contribution is -0.139. The third-order valence-corrected chi connectivity index (χ3v) is 7.58. The standard InChI is InChI=1S/C28H24N2O4S2/c1-3-33-27(32)24-18(2)29-28-30(26(31)23(36-28)16-22-10-7-15-35-22)25(24)20-11-13-21(14-12-20)34-17-19-8-5-4-6-9-19/h4-16,25H,3,17H2,1-2H3. The summed E-state index contributed by atoms with van der Waals surface area (Å²) in [7, 11) is 0. The fourth-order valence-electron chi connectivity index (χ4n) is 4.10. The number of benzene rings is 2. The molecule has 2 aromatic carbocycles. The number of thiazole rings is 1. The highest BCUT2D eigenvalue weighted by Crippen LogP contribution is 2.31. The summed E-state index contributed by atoms with van der Waals surface area (Å²) in [5.41, 5.74) is 2.58. The topological polar surface area (TPSA) is 69.9 Å². The number of ether oxygens (including phenoxy) is 2. The highest BCUT2D eigenvalue weighted by Gasteiger charge is 2.33. The molecule has 1 aliphatic heterocycles. The molecule has 1 atom stereocenters. The smallest absolute Gasteiger partial charge is 0.338 e. The molecule has 0 bridgehead atoms. The van der Waals surface area contributed by atoms with E-state index in [4.69, 9.17) is 9.47 Å². The fourth-order valence-corrected chi connectivity index (χ4v) is 5.87. The van der Waals surface area contributed by atoms with E-state index in [1.54, 1.807) is 29.8 Å². The van der Waals surface area contributed by atoms with Crippen molar-refractivity contribution in [2.45, 2.75) is 26.5 Å². The number of rotatable bonds is 7. The van der Waals surface area contributed by atoms with Crippen LogP contribution in [0.4, 0.5) is 0 Å². The second kappa shape index (κ2) is 10.5. The van der Waals surface area contributed by atoms with Crippen molar-refractivity contribution in [3.05, 3.63) is 119 Å². The molecule has 0 spiro atoms. The number of carbonyl (C=O) groups excluding carboxylic acids is 1. The maximum absolute atomic E-state index is 13.6. The van der Waals surface area contributed by atoms with Gasteiger partial charge in [0.15, 0.2) is 4.80 Å². The monoisotopic (exact) mass is 516 g/mol. The van der Waals surface area contributed by atoms with Gasteiger partial charge in [-0.15, -0.1) is 11.3 Å². The minimum Gasteiger partial charge on any atom is -0.489 e. The second-order valence-corrected chi connectivity index (χ2v) is 10.1. The van der Waals surface area contributed by atoms with Crippen molar-refractivity contribution in [3.8, 4) is 5.75 Å². The van der Waals surface area contributed by atoms with Crippen LogP contribution in [0, 0.1) is 0 Å².